The number of hydrogen-bond donors (Lipinski definition) is 14. The van der Waals surface area contributed by atoms with Crippen molar-refractivity contribution < 1.29 is 58.1 Å². The van der Waals surface area contributed by atoms with Crippen molar-refractivity contribution in [1.82, 2.24) is 42.5 Å². The van der Waals surface area contributed by atoms with Gasteiger partial charge in [0.1, 0.15) is 41.6 Å². The number of non-ortho nitro benzene ring substituents is 1. The number of nitrogens with two attached hydrogens (primary N) is 3. The molecule has 0 spiro atoms. The first-order valence-corrected chi connectivity index (χ1v) is 29.2. The molecule has 0 aliphatic rings. The third-order valence-corrected chi connectivity index (χ3v) is 14.2. The third kappa shape index (κ3) is 25.6. The molecule has 1 unspecified atom stereocenters. The minimum atomic E-state index is -1.48. The zero-order valence-electron chi connectivity index (χ0n) is 50.1. The maximum atomic E-state index is 14.6. The number of phenols is 1. The minimum Gasteiger partial charge on any atom is -0.508 e. The number of anilines is 2. The van der Waals surface area contributed by atoms with Crippen LogP contribution in [0.15, 0.2) is 66.7 Å². The Kier molecular flexibility index (Phi) is 31.7. The number of amides is 9. The predicted octanol–water partition coefficient (Wildman–Crippen LogP) is 1.76. The van der Waals surface area contributed by atoms with Gasteiger partial charge < -0.3 is 75.5 Å². The van der Waals surface area contributed by atoms with Crippen LogP contribution in [0.25, 0.3) is 0 Å². The van der Waals surface area contributed by atoms with Crippen molar-refractivity contribution in [3.05, 3.63) is 98.1 Å². The maximum Gasteiger partial charge on any atom is 0.299 e. The number of hydrogen-bond acceptors (Lipinski definition) is 18. The van der Waals surface area contributed by atoms with E-state index in [1.165, 1.54) is 18.2 Å². The molecule has 17 N–H and O–H groups in total. The van der Waals surface area contributed by atoms with Crippen molar-refractivity contribution in [2.75, 3.05) is 50.4 Å². The van der Waals surface area contributed by atoms with Crippen molar-refractivity contribution in [1.29, 1.82) is 0 Å². The first-order valence-electron chi connectivity index (χ1n) is 29.2. The van der Waals surface area contributed by atoms with Gasteiger partial charge in [0.05, 0.1) is 34.1 Å². The van der Waals surface area contributed by atoms with Gasteiger partial charge in [-0.25, -0.2) is 0 Å². The molecule has 7 atom stereocenters. The van der Waals surface area contributed by atoms with E-state index < -0.39 is 123 Å². The van der Waals surface area contributed by atoms with Crippen LogP contribution in [-0.4, -0.2) is 144 Å². The lowest BCUT2D eigenvalue weighted by molar-refractivity contribution is -0.393. The standard InChI is InChI=1S/C58H87N15O14/c1-6-36(4)51(57(82)66-34-48(61)75)71-58(83)50(35(2)3)70-56(81)45(18-10-12-28-59)69-54(79)44(19-11-15-29-63-43-25-22-38(72(84)85)33-47(43)73(86)87)68-55(80)46(67-53(78)41(60)32-37-20-23-39(74)24-21-37)26-27-49(76)64-30-13-7-14-31-65-52(77)40-16-8-9-17-42(40)62-5/h8-9,16-17,20-25,33,35-36,41,44-46,50-51,62-63,74H,6-7,10-15,18-19,26-32,34,59-60H2,1-5H3,(H2,61,75)(H,64,76)(H,65,77)(H,66,82)(H,67,78)(H,68,80)(H,69,79)(H,70,81)(H,71,83)/t36?,41-,44-,45-,46-,50-,51-/m0/s1. The van der Waals surface area contributed by atoms with Crippen LogP contribution in [0.2, 0.25) is 0 Å². The van der Waals surface area contributed by atoms with Crippen molar-refractivity contribution in [2.24, 2.45) is 29.0 Å². The molecule has 9 amide bonds. The monoisotopic (exact) mass is 1220 g/mol. The molecule has 29 heteroatoms. The second-order valence-corrected chi connectivity index (χ2v) is 21.4. The van der Waals surface area contributed by atoms with Crippen LogP contribution < -0.4 is 70.4 Å². The van der Waals surface area contributed by atoms with Crippen molar-refractivity contribution >= 4 is 75.9 Å². The number of nitro benzene ring substituents is 2. The van der Waals surface area contributed by atoms with Gasteiger partial charge in [0.15, 0.2) is 0 Å². The Morgan fingerprint density at radius 1 is 0.609 bits per heavy atom. The number of benzene rings is 3. The summed E-state index contributed by atoms with van der Waals surface area (Å²) in [6.07, 6.45) is 2.58. The van der Waals surface area contributed by atoms with Gasteiger partial charge in [-0.2, -0.15) is 0 Å². The molecule has 3 rings (SSSR count). The molecule has 0 aliphatic carbocycles. The van der Waals surface area contributed by atoms with E-state index in [2.05, 4.69) is 53.2 Å². The number of carbonyl (C=O) groups is 9. The van der Waals surface area contributed by atoms with E-state index >= 15 is 0 Å². The van der Waals surface area contributed by atoms with Gasteiger partial charge in [-0.1, -0.05) is 58.4 Å². The lowest BCUT2D eigenvalue weighted by Gasteiger charge is -2.30. The summed E-state index contributed by atoms with van der Waals surface area (Å²) in [5, 5.41) is 60.3. The van der Waals surface area contributed by atoms with Crippen molar-refractivity contribution in [2.45, 2.75) is 147 Å². The highest BCUT2D eigenvalue weighted by atomic mass is 16.6. The fraction of sp³-hybridized carbons (Fsp3) is 0.534. The summed E-state index contributed by atoms with van der Waals surface area (Å²) in [5.74, 6) is -7.32. The van der Waals surface area contributed by atoms with Gasteiger partial charge in [0.2, 0.25) is 47.3 Å². The van der Waals surface area contributed by atoms with E-state index in [1.807, 2.05) is 6.07 Å². The highest BCUT2D eigenvalue weighted by molar-refractivity contribution is 6.00. The third-order valence-electron chi connectivity index (χ3n) is 14.2. The zero-order valence-corrected chi connectivity index (χ0v) is 50.1. The molecule has 87 heavy (non-hydrogen) atoms. The van der Waals surface area contributed by atoms with Crippen LogP contribution in [0.3, 0.4) is 0 Å². The van der Waals surface area contributed by atoms with Crippen molar-refractivity contribution in [3.63, 3.8) is 0 Å². The lowest BCUT2D eigenvalue weighted by atomic mass is 9.96. The average molecular weight is 1220 g/mol. The van der Waals surface area contributed by atoms with E-state index in [0.717, 1.165) is 12.1 Å². The molecule has 0 aromatic heterocycles. The van der Waals surface area contributed by atoms with Crippen LogP contribution in [0.1, 0.15) is 121 Å². The van der Waals surface area contributed by atoms with Gasteiger partial charge in [-0.15, -0.1) is 0 Å². The Labute approximate surface area is 505 Å². The predicted molar refractivity (Wildman–Crippen MR) is 325 cm³/mol. The van der Waals surface area contributed by atoms with Gasteiger partial charge in [-0.05, 0) is 125 Å². The number of carbonyl (C=O) groups excluding carboxylic acids is 9. The maximum absolute atomic E-state index is 14.6. The molecule has 0 bridgehead atoms. The molecule has 478 valence electrons. The second kappa shape index (κ2) is 38.1. The van der Waals surface area contributed by atoms with Gasteiger partial charge in [0.25, 0.3) is 17.3 Å². The highest BCUT2D eigenvalue weighted by Crippen LogP contribution is 2.29. The molecule has 0 aliphatic heterocycles. The topological polar surface area (TPSA) is 458 Å². The number of nitro groups is 2. The van der Waals surface area contributed by atoms with Crippen molar-refractivity contribution in [3.8, 4) is 5.75 Å². The summed E-state index contributed by atoms with van der Waals surface area (Å²) in [4.78, 5) is 144. The summed E-state index contributed by atoms with van der Waals surface area (Å²) in [7, 11) is 1.72. The Bertz CT molecular complexity index is 2800. The van der Waals surface area contributed by atoms with E-state index in [-0.39, 0.29) is 81.9 Å². The molecule has 0 saturated carbocycles. The number of rotatable bonds is 41. The molecule has 0 saturated heterocycles. The minimum absolute atomic E-state index is 0.0000901. The lowest BCUT2D eigenvalue weighted by Crippen LogP contribution is -2.61. The fourth-order valence-electron chi connectivity index (χ4n) is 8.96. The van der Waals surface area contributed by atoms with Crippen LogP contribution in [0.5, 0.6) is 5.75 Å². The molecule has 0 heterocycles. The number of nitrogens with zero attached hydrogens (tertiary/aromatic N) is 2. The molecule has 29 nitrogen and oxygen atoms in total. The summed E-state index contributed by atoms with van der Waals surface area (Å²) < 4.78 is 0. The Morgan fingerprint density at radius 3 is 1.77 bits per heavy atom. The number of primary amides is 1. The van der Waals surface area contributed by atoms with E-state index in [9.17, 15) is 68.5 Å². The second-order valence-electron chi connectivity index (χ2n) is 21.4. The summed E-state index contributed by atoms with van der Waals surface area (Å²) in [6.45, 7) is 7.23. The quantitative estimate of drug-likeness (QED) is 0.0219. The zero-order chi connectivity index (χ0) is 64.6. The Balaban J connectivity index is 1.90. The summed E-state index contributed by atoms with van der Waals surface area (Å²) >= 11 is 0. The van der Waals surface area contributed by atoms with Crippen LogP contribution in [0, 0.1) is 32.1 Å². The number of phenolic OH excluding ortho intramolecular Hbond substituents is 1. The van der Waals surface area contributed by atoms with Crippen LogP contribution >= 0.6 is 0 Å². The first-order chi connectivity index (χ1) is 41.4. The molecular formula is C58H87N15O14. The smallest absolute Gasteiger partial charge is 0.299 e. The summed E-state index contributed by atoms with van der Waals surface area (Å²) in [6, 6.07) is 8.21. The van der Waals surface area contributed by atoms with Crippen LogP contribution in [-0.2, 0) is 44.8 Å². The molecule has 0 fully saturated rings. The molecule has 3 aromatic rings. The van der Waals surface area contributed by atoms with E-state index in [1.54, 1.807) is 65.1 Å². The van der Waals surface area contributed by atoms with Crippen LogP contribution in [0.4, 0.5) is 22.7 Å². The van der Waals surface area contributed by atoms with Gasteiger partial charge in [-0.3, -0.25) is 63.4 Å². The molecule has 3 aromatic carbocycles. The van der Waals surface area contributed by atoms with Gasteiger partial charge in [0, 0.05) is 44.9 Å². The highest BCUT2D eigenvalue weighted by Gasteiger charge is 2.35. The first kappa shape index (κ1) is 72.3. The SMILES string of the molecule is CCC(C)[C@H](NC(=O)[C@@H](NC(=O)[C@H](CCCCN)NC(=O)[C@H](CCCCNc1ccc([N+](=O)[O-])cc1[N+](=O)[O-])NC(=O)[C@H](CCC(=O)NCCCCCNC(=O)c1ccccc1NC)NC(=O)[C@@H](N)Cc1ccc(O)cc1)C(C)C)C(=O)NCC(N)=O. The van der Waals surface area contributed by atoms with E-state index in [0.29, 0.717) is 61.9 Å². The van der Waals surface area contributed by atoms with E-state index in [4.69, 9.17) is 17.2 Å². The number of unbranched alkanes of at least 4 members (excludes halogenated alkanes) is 4. The Hall–Kier alpha value is -8.99. The molecular weight excluding hydrogens is 1130 g/mol. The Morgan fingerprint density at radius 2 is 1.18 bits per heavy atom. The fourth-order valence-corrected chi connectivity index (χ4v) is 8.96. The largest absolute Gasteiger partial charge is 0.508 e. The summed E-state index contributed by atoms with van der Waals surface area (Å²) in [5.41, 5.74) is 18.1. The number of nitrogens with one attached hydrogen (secondary N) is 10. The molecule has 0 radical (unpaired) electrons. The van der Waals surface area contributed by atoms with Gasteiger partial charge >= 0.3 is 0 Å². The number of para-hydroxylation sites is 1. The normalized spacial score (nSPS) is 13.4. The average Bonchev–Trinajstić information content (AvgIpc) is 3.70. The number of aromatic hydroxyl groups is 1.